The molecule has 1 heterocycles. The third kappa shape index (κ3) is 2.32. The van der Waals surface area contributed by atoms with Gasteiger partial charge in [0.2, 0.25) is 0 Å². The molecule has 0 aromatic carbocycles. The van der Waals surface area contributed by atoms with Crippen molar-refractivity contribution in [3.8, 4) is 0 Å². The first-order chi connectivity index (χ1) is 5.36. The summed E-state index contributed by atoms with van der Waals surface area (Å²) in [5.41, 5.74) is 1.55. The van der Waals surface area contributed by atoms with Crippen molar-refractivity contribution in [2.24, 2.45) is 0 Å². The monoisotopic (exact) mass is 156 g/mol. The number of ether oxygens (including phenoxy) is 1. The van der Waals surface area contributed by atoms with Gasteiger partial charge in [-0.1, -0.05) is 0 Å². The molecule has 4 heteroatoms. The summed E-state index contributed by atoms with van der Waals surface area (Å²) in [6, 6.07) is 1.79. The molecule has 0 saturated carbocycles. The van der Waals surface area contributed by atoms with E-state index in [9.17, 15) is 0 Å². The molecule has 0 fully saturated rings. The molecule has 62 valence electrons. The SMILES string of the molecule is CCOCc1cc(CO)n[nH]1. The van der Waals surface area contributed by atoms with Crippen LogP contribution in [0.3, 0.4) is 0 Å². The Morgan fingerprint density at radius 1 is 1.73 bits per heavy atom. The van der Waals surface area contributed by atoms with Crippen LogP contribution in [0.25, 0.3) is 0 Å². The average Bonchev–Trinajstić information content (AvgIpc) is 2.48. The fourth-order valence-corrected chi connectivity index (χ4v) is 0.776. The molecular weight excluding hydrogens is 144 g/mol. The first-order valence-electron chi connectivity index (χ1n) is 3.58. The van der Waals surface area contributed by atoms with Gasteiger partial charge in [-0.25, -0.2) is 0 Å². The number of rotatable bonds is 4. The van der Waals surface area contributed by atoms with Gasteiger partial charge in [-0.05, 0) is 13.0 Å². The van der Waals surface area contributed by atoms with E-state index in [1.165, 1.54) is 0 Å². The standard InChI is InChI=1S/C7H12N2O2/c1-2-11-5-7-3-6(4-10)8-9-7/h3,10H,2,4-5H2,1H3,(H,8,9). The second kappa shape index (κ2) is 4.10. The summed E-state index contributed by atoms with van der Waals surface area (Å²) in [4.78, 5) is 0. The van der Waals surface area contributed by atoms with Crippen LogP contribution in [-0.4, -0.2) is 21.9 Å². The molecule has 0 atom stereocenters. The predicted octanol–water partition coefficient (Wildman–Crippen LogP) is 0.439. The van der Waals surface area contributed by atoms with Crippen LogP contribution in [0.1, 0.15) is 18.3 Å². The van der Waals surface area contributed by atoms with Gasteiger partial charge in [-0.15, -0.1) is 0 Å². The van der Waals surface area contributed by atoms with Crippen LogP contribution < -0.4 is 0 Å². The van der Waals surface area contributed by atoms with E-state index in [-0.39, 0.29) is 6.61 Å². The van der Waals surface area contributed by atoms with Crippen LogP contribution in [0, 0.1) is 0 Å². The van der Waals surface area contributed by atoms with E-state index in [0.29, 0.717) is 18.9 Å². The lowest BCUT2D eigenvalue weighted by molar-refractivity contribution is 0.131. The fourth-order valence-electron chi connectivity index (χ4n) is 0.776. The third-order valence-electron chi connectivity index (χ3n) is 1.31. The summed E-state index contributed by atoms with van der Waals surface area (Å²) < 4.78 is 5.12. The second-order valence-corrected chi connectivity index (χ2v) is 2.18. The number of aromatic amines is 1. The number of hydrogen-bond donors (Lipinski definition) is 2. The number of aliphatic hydroxyl groups excluding tert-OH is 1. The molecule has 0 aliphatic heterocycles. The molecule has 2 N–H and O–H groups in total. The van der Waals surface area contributed by atoms with E-state index in [0.717, 1.165) is 5.69 Å². The van der Waals surface area contributed by atoms with E-state index in [1.54, 1.807) is 6.07 Å². The molecule has 0 spiro atoms. The lowest BCUT2D eigenvalue weighted by Gasteiger charge is -1.94. The second-order valence-electron chi connectivity index (χ2n) is 2.18. The van der Waals surface area contributed by atoms with Crippen LogP contribution in [-0.2, 0) is 18.0 Å². The van der Waals surface area contributed by atoms with Crippen molar-refractivity contribution in [1.82, 2.24) is 10.2 Å². The molecule has 0 aliphatic rings. The first-order valence-corrected chi connectivity index (χ1v) is 3.58. The van der Waals surface area contributed by atoms with Gasteiger partial charge in [0.15, 0.2) is 0 Å². The minimum absolute atomic E-state index is 0.0252. The lowest BCUT2D eigenvalue weighted by Crippen LogP contribution is -1.91. The molecule has 1 aromatic heterocycles. The number of aromatic nitrogens is 2. The Labute approximate surface area is 65.2 Å². The van der Waals surface area contributed by atoms with Crippen molar-refractivity contribution in [1.29, 1.82) is 0 Å². The van der Waals surface area contributed by atoms with Crippen molar-refractivity contribution in [2.45, 2.75) is 20.1 Å². The maximum absolute atomic E-state index is 8.65. The zero-order valence-corrected chi connectivity index (χ0v) is 6.50. The Balaban J connectivity index is 2.44. The van der Waals surface area contributed by atoms with Crippen LogP contribution in [0.15, 0.2) is 6.07 Å². The molecule has 1 rings (SSSR count). The Morgan fingerprint density at radius 3 is 3.09 bits per heavy atom. The highest BCUT2D eigenvalue weighted by atomic mass is 16.5. The summed E-state index contributed by atoms with van der Waals surface area (Å²) in [5.74, 6) is 0. The average molecular weight is 156 g/mol. The normalized spacial score (nSPS) is 10.4. The summed E-state index contributed by atoms with van der Waals surface area (Å²) in [7, 11) is 0. The largest absolute Gasteiger partial charge is 0.390 e. The molecule has 0 amide bonds. The minimum Gasteiger partial charge on any atom is -0.390 e. The Kier molecular flexibility index (Phi) is 3.07. The summed E-state index contributed by atoms with van der Waals surface area (Å²) in [6.07, 6.45) is 0. The van der Waals surface area contributed by atoms with Crippen molar-refractivity contribution < 1.29 is 9.84 Å². The molecule has 0 unspecified atom stereocenters. The Bertz CT molecular complexity index is 210. The number of hydrogen-bond acceptors (Lipinski definition) is 3. The van der Waals surface area contributed by atoms with E-state index in [4.69, 9.17) is 9.84 Å². The van der Waals surface area contributed by atoms with Gasteiger partial charge in [0.1, 0.15) is 0 Å². The van der Waals surface area contributed by atoms with Gasteiger partial charge in [-0.3, -0.25) is 5.10 Å². The van der Waals surface area contributed by atoms with Gasteiger partial charge in [0.05, 0.1) is 24.6 Å². The molecule has 0 bridgehead atoms. The van der Waals surface area contributed by atoms with Crippen LogP contribution in [0.5, 0.6) is 0 Å². The van der Waals surface area contributed by atoms with E-state index in [1.807, 2.05) is 6.92 Å². The molecular formula is C7H12N2O2. The highest BCUT2D eigenvalue weighted by molar-refractivity contribution is 5.06. The molecule has 4 nitrogen and oxygen atoms in total. The maximum atomic E-state index is 8.65. The topological polar surface area (TPSA) is 58.1 Å². The molecule has 0 aliphatic carbocycles. The van der Waals surface area contributed by atoms with Gasteiger partial charge in [0, 0.05) is 6.61 Å². The third-order valence-corrected chi connectivity index (χ3v) is 1.31. The summed E-state index contributed by atoms with van der Waals surface area (Å²) >= 11 is 0. The number of nitrogens with one attached hydrogen (secondary N) is 1. The van der Waals surface area contributed by atoms with Crippen LogP contribution >= 0.6 is 0 Å². The van der Waals surface area contributed by atoms with Crippen LogP contribution in [0.4, 0.5) is 0 Å². The zero-order valence-electron chi connectivity index (χ0n) is 6.50. The number of nitrogens with zero attached hydrogens (tertiary/aromatic N) is 1. The van der Waals surface area contributed by atoms with Crippen molar-refractivity contribution in [2.75, 3.05) is 6.61 Å². The number of H-pyrrole nitrogens is 1. The zero-order chi connectivity index (χ0) is 8.10. The first kappa shape index (κ1) is 8.23. The van der Waals surface area contributed by atoms with Gasteiger partial charge < -0.3 is 9.84 Å². The Morgan fingerprint density at radius 2 is 2.55 bits per heavy atom. The van der Waals surface area contributed by atoms with E-state index < -0.39 is 0 Å². The minimum atomic E-state index is -0.0252. The predicted molar refractivity (Wildman–Crippen MR) is 39.8 cm³/mol. The van der Waals surface area contributed by atoms with Crippen molar-refractivity contribution >= 4 is 0 Å². The van der Waals surface area contributed by atoms with E-state index in [2.05, 4.69) is 10.2 Å². The highest BCUT2D eigenvalue weighted by Gasteiger charge is 1.97. The fraction of sp³-hybridized carbons (Fsp3) is 0.571. The smallest absolute Gasteiger partial charge is 0.0882 e. The molecule has 0 radical (unpaired) electrons. The van der Waals surface area contributed by atoms with Crippen molar-refractivity contribution in [3.05, 3.63) is 17.5 Å². The summed E-state index contributed by atoms with van der Waals surface area (Å²) in [5, 5.41) is 15.2. The van der Waals surface area contributed by atoms with Crippen LogP contribution in [0.2, 0.25) is 0 Å². The summed E-state index contributed by atoms with van der Waals surface area (Å²) in [6.45, 7) is 3.13. The molecule has 11 heavy (non-hydrogen) atoms. The van der Waals surface area contributed by atoms with Gasteiger partial charge in [-0.2, -0.15) is 5.10 Å². The lowest BCUT2D eigenvalue weighted by atomic mass is 10.4. The molecule has 1 aromatic rings. The van der Waals surface area contributed by atoms with Gasteiger partial charge in [0.25, 0.3) is 0 Å². The maximum Gasteiger partial charge on any atom is 0.0882 e. The quantitative estimate of drug-likeness (QED) is 0.665. The van der Waals surface area contributed by atoms with E-state index >= 15 is 0 Å². The van der Waals surface area contributed by atoms with Crippen molar-refractivity contribution in [3.63, 3.8) is 0 Å². The molecule has 0 saturated heterocycles. The Hall–Kier alpha value is -0.870. The highest BCUT2D eigenvalue weighted by Crippen LogP contribution is 2.00. The van der Waals surface area contributed by atoms with Gasteiger partial charge >= 0.3 is 0 Å². The number of aliphatic hydroxyl groups is 1.